The second kappa shape index (κ2) is 10.4. The van der Waals surface area contributed by atoms with Gasteiger partial charge in [-0.3, -0.25) is 9.11 Å². The average Bonchev–Trinajstić information content (AvgIpc) is 2.86. The smallest absolute Gasteiger partial charge is 0.282 e. The van der Waals surface area contributed by atoms with E-state index in [2.05, 4.69) is 0 Å². The van der Waals surface area contributed by atoms with Crippen molar-refractivity contribution in [3.8, 4) is 11.1 Å². The lowest BCUT2D eigenvalue weighted by Gasteiger charge is -2.06. The van der Waals surface area contributed by atoms with Crippen molar-refractivity contribution in [1.29, 1.82) is 0 Å². The van der Waals surface area contributed by atoms with Crippen molar-refractivity contribution in [3.63, 3.8) is 0 Å². The van der Waals surface area contributed by atoms with Crippen LogP contribution < -0.4 is 0 Å². The van der Waals surface area contributed by atoms with Crippen LogP contribution in [0.5, 0.6) is 0 Å². The van der Waals surface area contributed by atoms with Crippen molar-refractivity contribution in [1.82, 2.24) is 0 Å². The van der Waals surface area contributed by atoms with E-state index < -0.39 is 20.2 Å². The molecule has 0 spiro atoms. The highest BCUT2D eigenvalue weighted by Gasteiger charge is 2.13. The summed E-state index contributed by atoms with van der Waals surface area (Å²) in [7, 11) is -8.67. The molecule has 2 N–H and O–H groups in total. The summed E-state index contributed by atoms with van der Waals surface area (Å²) in [6.45, 7) is 0. The van der Waals surface area contributed by atoms with E-state index in [1.54, 1.807) is 60.7 Å². The van der Waals surface area contributed by atoms with Crippen molar-refractivity contribution in [3.05, 3.63) is 119 Å². The van der Waals surface area contributed by atoms with Gasteiger partial charge in [0.15, 0.2) is 0 Å². The van der Waals surface area contributed by atoms with Crippen molar-refractivity contribution >= 4 is 44.5 Å². The molecular formula is C28H22O6S2. The predicted octanol–water partition coefficient (Wildman–Crippen LogP) is 6.19. The molecule has 0 aliphatic heterocycles. The lowest BCUT2D eigenvalue weighted by atomic mass is 10.00. The third kappa shape index (κ3) is 6.24. The molecule has 0 bridgehead atoms. The Hall–Kier alpha value is -3.82. The fourth-order valence-electron chi connectivity index (χ4n) is 3.72. The van der Waals surface area contributed by atoms with Crippen LogP contribution in [0.2, 0.25) is 0 Å². The van der Waals surface area contributed by atoms with Crippen LogP contribution in [-0.2, 0) is 20.2 Å². The van der Waals surface area contributed by atoms with E-state index in [1.807, 2.05) is 48.5 Å². The van der Waals surface area contributed by atoms with Gasteiger partial charge < -0.3 is 0 Å². The zero-order valence-corrected chi connectivity index (χ0v) is 20.5. The van der Waals surface area contributed by atoms with Crippen LogP contribution in [0.1, 0.15) is 22.3 Å². The Morgan fingerprint density at radius 3 is 1.25 bits per heavy atom. The Labute approximate surface area is 210 Å². The normalized spacial score (nSPS) is 12.4. The summed E-state index contributed by atoms with van der Waals surface area (Å²) >= 11 is 0. The fourth-order valence-corrected chi connectivity index (χ4v) is 5.09. The Kier molecular flexibility index (Phi) is 7.32. The van der Waals surface area contributed by atoms with E-state index in [9.17, 15) is 25.9 Å². The van der Waals surface area contributed by atoms with Gasteiger partial charge in [-0.05, 0) is 57.6 Å². The Morgan fingerprint density at radius 1 is 0.472 bits per heavy atom. The van der Waals surface area contributed by atoms with Crippen LogP contribution in [-0.4, -0.2) is 25.9 Å². The first-order chi connectivity index (χ1) is 17.1. The molecule has 0 heterocycles. The maximum Gasteiger partial charge on any atom is 0.295 e. The summed E-state index contributed by atoms with van der Waals surface area (Å²) in [5, 5.41) is 0. The number of hydrogen-bond acceptors (Lipinski definition) is 4. The molecule has 0 amide bonds. The second-order valence-corrected chi connectivity index (χ2v) is 10.7. The van der Waals surface area contributed by atoms with Gasteiger partial charge >= 0.3 is 0 Å². The number of benzene rings is 4. The Bertz CT molecular complexity index is 1560. The van der Waals surface area contributed by atoms with Gasteiger partial charge in [0.2, 0.25) is 0 Å². The van der Waals surface area contributed by atoms with Gasteiger partial charge in [0.25, 0.3) is 20.2 Å². The van der Waals surface area contributed by atoms with Gasteiger partial charge in [0.05, 0.1) is 0 Å². The third-order valence-corrected chi connectivity index (χ3v) is 7.27. The minimum atomic E-state index is -4.34. The quantitative estimate of drug-likeness (QED) is 0.223. The van der Waals surface area contributed by atoms with Gasteiger partial charge in [-0.1, -0.05) is 97.1 Å². The number of hydrogen-bond donors (Lipinski definition) is 2. The van der Waals surface area contributed by atoms with Crippen molar-refractivity contribution in [2.24, 2.45) is 0 Å². The second-order valence-electron chi connectivity index (χ2n) is 7.94. The van der Waals surface area contributed by atoms with E-state index >= 15 is 0 Å². The maximum atomic E-state index is 11.6. The Morgan fingerprint density at radius 2 is 0.861 bits per heavy atom. The molecule has 0 aliphatic rings. The molecule has 0 atom stereocenters. The van der Waals surface area contributed by atoms with E-state index in [-0.39, 0.29) is 9.79 Å². The van der Waals surface area contributed by atoms with Crippen LogP contribution >= 0.6 is 0 Å². The molecule has 182 valence electrons. The van der Waals surface area contributed by atoms with Crippen molar-refractivity contribution in [2.45, 2.75) is 9.79 Å². The predicted molar refractivity (Wildman–Crippen MR) is 142 cm³/mol. The van der Waals surface area contributed by atoms with Crippen LogP contribution in [0, 0.1) is 0 Å². The summed E-state index contributed by atoms with van der Waals surface area (Å²) in [5.41, 5.74) is 4.27. The lowest BCUT2D eigenvalue weighted by molar-refractivity contribution is 0.480. The summed E-state index contributed by atoms with van der Waals surface area (Å²) in [4.78, 5) is -0.320. The molecule has 4 rings (SSSR count). The topological polar surface area (TPSA) is 109 Å². The highest BCUT2D eigenvalue weighted by molar-refractivity contribution is 7.86. The third-order valence-electron chi connectivity index (χ3n) is 5.41. The van der Waals surface area contributed by atoms with Crippen LogP contribution in [0.25, 0.3) is 35.4 Å². The molecule has 6 nitrogen and oxygen atoms in total. The van der Waals surface area contributed by atoms with Crippen molar-refractivity contribution in [2.75, 3.05) is 0 Å². The molecular weight excluding hydrogens is 496 g/mol. The summed E-state index contributed by atoms with van der Waals surface area (Å²) < 4.78 is 65.4. The monoisotopic (exact) mass is 518 g/mol. The highest BCUT2D eigenvalue weighted by atomic mass is 32.2. The zero-order valence-electron chi connectivity index (χ0n) is 18.9. The van der Waals surface area contributed by atoms with Crippen LogP contribution in [0.15, 0.2) is 107 Å². The average molecular weight is 519 g/mol. The molecule has 0 aliphatic carbocycles. The highest BCUT2D eigenvalue weighted by Crippen LogP contribution is 2.25. The molecule has 0 aromatic heterocycles. The molecule has 0 saturated carbocycles. The molecule has 0 saturated heterocycles. The van der Waals surface area contributed by atoms with Gasteiger partial charge in [-0.25, -0.2) is 0 Å². The van der Waals surface area contributed by atoms with Gasteiger partial charge in [0.1, 0.15) is 9.79 Å². The summed E-state index contributed by atoms with van der Waals surface area (Å²) in [6.07, 6.45) is 6.80. The first kappa shape index (κ1) is 25.3. The lowest BCUT2D eigenvalue weighted by Crippen LogP contribution is -2.00. The van der Waals surface area contributed by atoms with E-state index in [0.717, 1.165) is 22.3 Å². The first-order valence-electron chi connectivity index (χ1n) is 10.8. The van der Waals surface area contributed by atoms with E-state index in [1.165, 1.54) is 12.1 Å². The molecule has 4 aromatic rings. The molecule has 0 radical (unpaired) electrons. The summed E-state index contributed by atoms with van der Waals surface area (Å²) in [6, 6.07) is 27.7. The molecule has 4 aromatic carbocycles. The maximum absolute atomic E-state index is 11.6. The van der Waals surface area contributed by atoms with Crippen LogP contribution in [0.4, 0.5) is 0 Å². The fraction of sp³-hybridized carbons (Fsp3) is 0. The zero-order chi connectivity index (χ0) is 25.8. The minimum absolute atomic E-state index is 0.160. The largest absolute Gasteiger partial charge is 0.295 e. The molecule has 0 fully saturated rings. The molecule has 0 unspecified atom stereocenters. The van der Waals surface area contributed by atoms with Crippen LogP contribution in [0.3, 0.4) is 0 Å². The van der Waals surface area contributed by atoms with Gasteiger partial charge in [-0.2, -0.15) is 16.8 Å². The number of rotatable bonds is 7. The summed E-state index contributed by atoms with van der Waals surface area (Å²) in [5.74, 6) is 0. The molecule has 36 heavy (non-hydrogen) atoms. The van der Waals surface area contributed by atoms with E-state index in [4.69, 9.17) is 0 Å². The van der Waals surface area contributed by atoms with Crippen molar-refractivity contribution < 1.29 is 25.9 Å². The van der Waals surface area contributed by atoms with E-state index in [0.29, 0.717) is 11.1 Å². The van der Waals surface area contributed by atoms with Gasteiger partial charge in [0, 0.05) is 0 Å². The Balaban J connectivity index is 1.61. The minimum Gasteiger partial charge on any atom is -0.282 e. The molecule has 8 heteroatoms. The first-order valence-corrected chi connectivity index (χ1v) is 13.7. The standard InChI is InChI=1S/C28H22O6S2/c29-35(30,31)27-13-3-1-9-23(27)17-15-21-7-5-11-25(19-21)26-12-6-8-22(20-26)16-18-24-10-2-4-14-28(24)36(32,33)34/h1-20H,(H,29,30,31)(H,32,33,34)/b17-15+,18-16+. The van der Waals surface area contributed by atoms with Gasteiger partial charge in [-0.15, -0.1) is 0 Å². The SMILES string of the molecule is O=S(=O)(O)c1ccccc1/C=C/c1cccc(-c2cccc(/C=C/c3ccccc3S(=O)(=O)O)c2)c1.